The van der Waals surface area contributed by atoms with Crippen LogP contribution in [0.25, 0.3) is 0 Å². The number of carbonyl (C=O) groups excluding carboxylic acids is 1. The molecule has 0 saturated carbocycles. The Balaban J connectivity index is 2.18. The fraction of sp³-hybridized carbons (Fsp3) is 0.267. The zero-order chi connectivity index (χ0) is 15.9. The lowest BCUT2D eigenvalue weighted by molar-refractivity contribution is 0.0599. The van der Waals surface area contributed by atoms with Crippen molar-refractivity contribution in [3.8, 4) is 11.8 Å². The topological polar surface area (TPSA) is 82.6 Å². The van der Waals surface area contributed by atoms with Crippen LogP contribution in [-0.4, -0.2) is 37.3 Å². The summed E-state index contributed by atoms with van der Waals surface area (Å²) in [6, 6.07) is 8.73. The first kappa shape index (κ1) is 15.6. The van der Waals surface area contributed by atoms with Crippen LogP contribution in [-0.2, 0) is 11.3 Å². The van der Waals surface area contributed by atoms with Crippen molar-refractivity contribution in [2.24, 2.45) is 0 Å². The number of carbonyl (C=O) groups is 1. The summed E-state index contributed by atoms with van der Waals surface area (Å²) in [7, 11) is 4.37. The Morgan fingerprint density at radius 3 is 2.32 bits per heavy atom. The predicted octanol–water partition coefficient (Wildman–Crippen LogP) is 1.89. The van der Waals surface area contributed by atoms with Gasteiger partial charge in [-0.15, -0.1) is 0 Å². The van der Waals surface area contributed by atoms with Gasteiger partial charge >= 0.3 is 5.97 Å². The number of rotatable bonds is 6. The fourth-order valence-corrected chi connectivity index (χ4v) is 1.85. The second-order valence-electron chi connectivity index (χ2n) is 4.28. The van der Waals surface area contributed by atoms with Gasteiger partial charge in [-0.05, 0) is 11.6 Å². The van der Waals surface area contributed by atoms with Crippen LogP contribution in [0.5, 0.6) is 11.8 Å². The highest BCUT2D eigenvalue weighted by atomic mass is 16.5. The van der Waals surface area contributed by atoms with Crippen LogP contribution in [0.3, 0.4) is 0 Å². The number of benzene rings is 1. The summed E-state index contributed by atoms with van der Waals surface area (Å²) in [5.41, 5.74) is 1.27. The standard InChI is InChI=1S/C15H17N3O4/c1-20-12-8-13(21-2)18-15(17-12)16-9-10-6-4-5-7-11(10)14(19)22-3/h4-8H,9H2,1-3H3,(H,16,17,18). The summed E-state index contributed by atoms with van der Waals surface area (Å²) in [6.45, 7) is 0.363. The van der Waals surface area contributed by atoms with Crippen molar-refractivity contribution < 1.29 is 19.0 Å². The van der Waals surface area contributed by atoms with Gasteiger partial charge in [0.1, 0.15) is 0 Å². The molecule has 0 fully saturated rings. The minimum absolute atomic E-state index is 0.343. The molecule has 2 aromatic rings. The van der Waals surface area contributed by atoms with Gasteiger partial charge in [0.05, 0.1) is 33.0 Å². The van der Waals surface area contributed by atoms with Crippen LogP contribution in [0, 0.1) is 0 Å². The van der Waals surface area contributed by atoms with Gasteiger partial charge < -0.3 is 19.5 Å². The van der Waals surface area contributed by atoms with Gasteiger partial charge in [0.15, 0.2) is 0 Å². The molecule has 1 heterocycles. The Labute approximate surface area is 128 Å². The second-order valence-corrected chi connectivity index (χ2v) is 4.28. The smallest absolute Gasteiger partial charge is 0.338 e. The molecule has 1 aromatic carbocycles. The highest BCUT2D eigenvalue weighted by Crippen LogP contribution is 2.18. The van der Waals surface area contributed by atoms with Gasteiger partial charge in [0.2, 0.25) is 17.7 Å². The van der Waals surface area contributed by atoms with E-state index in [-0.39, 0.29) is 5.97 Å². The van der Waals surface area contributed by atoms with E-state index in [2.05, 4.69) is 15.3 Å². The van der Waals surface area contributed by atoms with Gasteiger partial charge in [-0.25, -0.2) is 4.79 Å². The third-order valence-electron chi connectivity index (χ3n) is 2.96. The highest BCUT2D eigenvalue weighted by molar-refractivity contribution is 5.91. The predicted molar refractivity (Wildman–Crippen MR) is 80.2 cm³/mol. The van der Waals surface area contributed by atoms with Crippen molar-refractivity contribution in [1.82, 2.24) is 9.97 Å². The number of esters is 1. The molecule has 0 aliphatic heterocycles. The molecule has 22 heavy (non-hydrogen) atoms. The zero-order valence-electron chi connectivity index (χ0n) is 12.6. The fourth-order valence-electron chi connectivity index (χ4n) is 1.85. The van der Waals surface area contributed by atoms with Crippen LogP contribution in [0.1, 0.15) is 15.9 Å². The summed E-state index contributed by atoms with van der Waals surface area (Å²) in [5, 5.41) is 3.04. The molecular weight excluding hydrogens is 286 g/mol. The average Bonchev–Trinajstić information content (AvgIpc) is 2.59. The Hall–Kier alpha value is -2.83. The molecule has 0 bridgehead atoms. The Kier molecular flexibility index (Phi) is 5.13. The summed E-state index contributed by atoms with van der Waals surface area (Å²) < 4.78 is 14.9. The molecule has 0 aliphatic rings. The van der Waals surface area contributed by atoms with Crippen molar-refractivity contribution in [2.75, 3.05) is 26.6 Å². The number of hydrogen-bond donors (Lipinski definition) is 1. The van der Waals surface area contributed by atoms with Crippen molar-refractivity contribution in [2.45, 2.75) is 6.54 Å². The van der Waals surface area contributed by atoms with E-state index in [1.807, 2.05) is 12.1 Å². The third-order valence-corrected chi connectivity index (χ3v) is 2.96. The lowest BCUT2D eigenvalue weighted by Gasteiger charge is -2.10. The van der Waals surface area contributed by atoms with Crippen molar-refractivity contribution in [1.29, 1.82) is 0 Å². The lowest BCUT2D eigenvalue weighted by Crippen LogP contribution is -2.10. The van der Waals surface area contributed by atoms with E-state index in [0.717, 1.165) is 5.56 Å². The van der Waals surface area contributed by atoms with Crippen LogP contribution in [0.4, 0.5) is 5.95 Å². The van der Waals surface area contributed by atoms with Gasteiger partial charge in [0.25, 0.3) is 0 Å². The van der Waals surface area contributed by atoms with E-state index in [9.17, 15) is 4.79 Å². The van der Waals surface area contributed by atoms with Crippen LogP contribution < -0.4 is 14.8 Å². The first-order valence-corrected chi connectivity index (χ1v) is 6.55. The molecule has 2 rings (SSSR count). The van der Waals surface area contributed by atoms with E-state index in [0.29, 0.717) is 29.8 Å². The Morgan fingerprint density at radius 2 is 1.73 bits per heavy atom. The molecule has 0 spiro atoms. The van der Waals surface area contributed by atoms with E-state index < -0.39 is 0 Å². The maximum atomic E-state index is 11.7. The lowest BCUT2D eigenvalue weighted by atomic mass is 10.1. The molecule has 0 saturated heterocycles. The number of anilines is 1. The third kappa shape index (κ3) is 3.63. The quantitative estimate of drug-likeness (QED) is 0.816. The molecule has 1 aromatic heterocycles. The monoisotopic (exact) mass is 303 g/mol. The number of hydrogen-bond acceptors (Lipinski definition) is 7. The summed E-state index contributed by atoms with van der Waals surface area (Å²) in [5.74, 6) is 0.726. The molecule has 0 amide bonds. The number of aromatic nitrogens is 2. The van der Waals surface area contributed by atoms with E-state index >= 15 is 0 Å². The summed E-state index contributed by atoms with van der Waals surface area (Å²) in [4.78, 5) is 20.1. The Morgan fingerprint density at radius 1 is 1.09 bits per heavy atom. The van der Waals surface area contributed by atoms with Crippen LogP contribution >= 0.6 is 0 Å². The van der Waals surface area contributed by atoms with Crippen LogP contribution in [0.15, 0.2) is 30.3 Å². The summed E-state index contributed by atoms with van der Waals surface area (Å²) >= 11 is 0. The van der Waals surface area contributed by atoms with Crippen molar-refractivity contribution in [3.63, 3.8) is 0 Å². The Bertz CT molecular complexity index is 639. The molecule has 0 radical (unpaired) electrons. The zero-order valence-corrected chi connectivity index (χ0v) is 12.6. The number of methoxy groups -OCH3 is 3. The first-order chi connectivity index (χ1) is 10.7. The van der Waals surface area contributed by atoms with Gasteiger partial charge in [-0.1, -0.05) is 18.2 Å². The normalized spacial score (nSPS) is 9.95. The minimum atomic E-state index is -0.387. The maximum absolute atomic E-state index is 11.7. The van der Waals surface area contributed by atoms with Gasteiger partial charge in [-0.2, -0.15) is 9.97 Å². The van der Waals surface area contributed by atoms with Crippen LogP contribution in [0.2, 0.25) is 0 Å². The number of ether oxygens (including phenoxy) is 3. The molecular formula is C15H17N3O4. The first-order valence-electron chi connectivity index (χ1n) is 6.55. The molecule has 0 aliphatic carbocycles. The number of nitrogens with zero attached hydrogens (tertiary/aromatic N) is 2. The largest absolute Gasteiger partial charge is 0.481 e. The maximum Gasteiger partial charge on any atom is 0.338 e. The van der Waals surface area contributed by atoms with Crippen molar-refractivity contribution in [3.05, 3.63) is 41.5 Å². The molecule has 7 nitrogen and oxygen atoms in total. The summed E-state index contributed by atoms with van der Waals surface area (Å²) in [6.07, 6.45) is 0. The van der Waals surface area contributed by atoms with Crippen molar-refractivity contribution >= 4 is 11.9 Å². The van der Waals surface area contributed by atoms with Gasteiger partial charge in [-0.3, -0.25) is 0 Å². The van der Waals surface area contributed by atoms with E-state index in [1.54, 1.807) is 18.2 Å². The highest BCUT2D eigenvalue weighted by Gasteiger charge is 2.11. The molecule has 7 heteroatoms. The molecule has 116 valence electrons. The minimum Gasteiger partial charge on any atom is -0.481 e. The molecule has 0 atom stereocenters. The van der Waals surface area contributed by atoms with E-state index in [1.165, 1.54) is 21.3 Å². The SMILES string of the molecule is COC(=O)c1ccccc1CNc1nc(OC)cc(OC)n1. The number of nitrogens with one attached hydrogen (secondary N) is 1. The second kappa shape index (κ2) is 7.26. The molecule has 0 unspecified atom stereocenters. The van der Waals surface area contributed by atoms with Gasteiger partial charge in [0, 0.05) is 6.54 Å². The molecule has 1 N–H and O–H groups in total. The van der Waals surface area contributed by atoms with E-state index in [4.69, 9.17) is 14.2 Å². The average molecular weight is 303 g/mol.